The molecular weight excluding hydrogens is 224 g/mol. The van der Waals surface area contributed by atoms with E-state index in [4.69, 9.17) is 4.74 Å². The lowest BCUT2D eigenvalue weighted by Gasteiger charge is -2.29. The van der Waals surface area contributed by atoms with Gasteiger partial charge < -0.3 is 10.1 Å². The Morgan fingerprint density at radius 3 is 2.50 bits per heavy atom. The maximum absolute atomic E-state index is 5.38. The van der Waals surface area contributed by atoms with Gasteiger partial charge in [-0.3, -0.25) is 4.90 Å². The van der Waals surface area contributed by atoms with Crippen molar-refractivity contribution in [3.63, 3.8) is 0 Å². The van der Waals surface area contributed by atoms with Crippen LogP contribution in [0.25, 0.3) is 0 Å². The number of hydrogen-bond acceptors (Lipinski definition) is 3. The SMILES string of the molecule is CCCCCN(CCNC1CCOCC1)C(C)C. The Hall–Kier alpha value is -0.120. The van der Waals surface area contributed by atoms with Crippen molar-refractivity contribution in [2.45, 2.75) is 65.0 Å². The van der Waals surface area contributed by atoms with Gasteiger partial charge in [-0.25, -0.2) is 0 Å². The van der Waals surface area contributed by atoms with E-state index in [9.17, 15) is 0 Å². The fourth-order valence-corrected chi connectivity index (χ4v) is 2.51. The second kappa shape index (κ2) is 9.76. The summed E-state index contributed by atoms with van der Waals surface area (Å²) in [7, 11) is 0. The average molecular weight is 256 g/mol. The number of unbranched alkanes of at least 4 members (excludes halogenated alkanes) is 2. The van der Waals surface area contributed by atoms with E-state index < -0.39 is 0 Å². The molecule has 0 aliphatic carbocycles. The lowest BCUT2D eigenvalue weighted by Crippen LogP contribution is -2.42. The molecule has 0 atom stereocenters. The maximum atomic E-state index is 5.38. The van der Waals surface area contributed by atoms with Crippen LogP contribution in [0.1, 0.15) is 52.9 Å². The van der Waals surface area contributed by atoms with Crippen LogP contribution >= 0.6 is 0 Å². The second-order valence-electron chi connectivity index (χ2n) is 5.68. The zero-order valence-electron chi connectivity index (χ0n) is 12.6. The third kappa shape index (κ3) is 6.72. The molecule has 0 radical (unpaired) electrons. The van der Waals surface area contributed by atoms with Gasteiger partial charge in [-0.1, -0.05) is 19.8 Å². The molecular formula is C15H32N2O. The van der Waals surface area contributed by atoms with Crippen LogP contribution < -0.4 is 5.32 Å². The van der Waals surface area contributed by atoms with Gasteiger partial charge in [-0.2, -0.15) is 0 Å². The quantitative estimate of drug-likeness (QED) is 0.642. The minimum Gasteiger partial charge on any atom is -0.381 e. The van der Waals surface area contributed by atoms with Crippen molar-refractivity contribution in [1.29, 1.82) is 0 Å². The lowest BCUT2D eigenvalue weighted by atomic mass is 10.1. The molecule has 0 spiro atoms. The molecule has 0 amide bonds. The van der Waals surface area contributed by atoms with Gasteiger partial charge in [0.25, 0.3) is 0 Å². The van der Waals surface area contributed by atoms with Crippen LogP contribution in [0.5, 0.6) is 0 Å². The van der Waals surface area contributed by atoms with E-state index in [0.717, 1.165) is 19.8 Å². The van der Waals surface area contributed by atoms with Crippen LogP contribution in [0.2, 0.25) is 0 Å². The molecule has 0 saturated carbocycles. The summed E-state index contributed by atoms with van der Waals surface area (Å²) < 4.78 is 5.38. The van der Waals surface area contributed by atoms with E-state index in [0.29, 0.717) is 12.1 Å². The van der Waals surface area contributed by atoms with Crippen molar-refractivity contribution in [1.82, 2.24) is 10.2 Å². The molecule has 3 heteroatoms. The van der Waals surface area contributed by atoms with Crippen molar-refractivity contribution < 1.29 is 4.74 Å². The van der Waals surface area contributed by atoms with Gasteiger partial charge in [0.05, 0.1) is 0 Å². The predicted octanol–water partition coefficient (Wildman–Crippen LogP) is 2.66. The number of rotatable bonds is 9. The molecule has 1 aliphatic rings. The van der Waals surface area contributed by atoms with E-state index in [-0.39, 0.29) is 0 Å². The maximum Gasteiger partial charge on any atom is 0.0480 e. The summed E-state index contributed by atoms with van der Waals surface area (Å²) in [6.45, 7) is 12.3. The topological polar surface area (TPSA) is 24.5 Å². The summed E-state index contributed by atoms with van der Waals surface area (Å²) in [6, 6.07) is 1.35. The van der Waals surface area contributed by atoms with E-state index in [1.54, 1.807) is 0 Å². The van der Waals surface area contributed by atoms with E-state index in [1.807, 2.05) is 0 Å². The fraction of sp³-hybridized carbons (Fsp3) is 1.00. The molecule has 1 saturated heterocycles. The van der Waals surface area contributed by atoms with Crippen LogP contribution in [0.4, 0.5) is 0 Å². The van der Waals surface area contributed by atoms with Crippen molar-refractivity contribution in [3.05, 3.63) is 0 Å². The molecule has 108 valence electrons. The van der Waals surface area contributed by atoms with Gasteiger partial charge >= 0.3 is 0 Å². The highest BCUT2D eigenvalue weighted by atomic mass is 16.5. The van der Waals surface area contributed by atoms with E-state index >= 15 is 0 Å². The summed E-state index contributed by atoms with van der Waals surface area (Å²) in [4.78, 5) is 2.60. The Kier molecular flexibility index (Phi) is 8.64. The summed E-state index contributed by atoms with van der Waals surface area (Å²) in [5.41, 5.74) is 0. The number of nitrogens with zero attached hydrogens (tertiary/aromatic N) is 1. The van der Waals surface area contributed by atoms with Gasteiger partial charge in [-0.05, 0) is 39.7 Å². The second-order valence-corrected chi connectivity index (χ2v) is 5.68. The third-order valence-electron chi connectivity index (χ3n) is 3.83. The molecule has 0 aromatic carbocycles. The molecule has 0 aromatic rings. The van der Waals surface area contributed by atoms with Crippen molar-refractivity contribution >= 4 is 0 Å². The Morgan fingerprint density at radius 1 is 1.17 bits per heavy atom. The Bertz CT molecular complexity index is 191. The smallest absolute Gasteiger partial charge is 0.0480 e. The first kappa shape index (κ1) is 15.9. The predicted molar refractivity (Wildman–Crippen MR) is 78.1 cm³/mol. The van der Waals surface area contributed by atoms with E-state index in [1.165, 1.54) is 45.2 Å². The minimum atomic E-state index is 0.665. The van der Waals surface area contributed by atoms with Crippen LogP contribution in [-0.2, 0) is 4.74 Å². The molecule has 3 nitrogen and oxygen atoms in total. The molecule has 1 heterocycles. The van der Waals surface area contributed by atoms with Crippen molar-refractivity contribution in [3.8, 4) is 0 Å². The van der Waals surface area contributed by atoms with Crippen LogP contribution in [0.3, 0.4) is 0 Å². The van der Waals surface area contributed by atoms with E-state index in [2.05, 4.69) is 31.0 Å². The molecule has 1 rings (SSSR count). The third-order valence-corrected chi connectivity index (χ3v) is 3.83. The summed E-state index contributed by atoms with van der Waals surface area (Å²) in [5, 5.41) is 3.68. The lowest BCUT2D eigenvalue weighted by molar-refractivity contribution is 0.0767. The summed E-state index contributed by atoms with van der Waals surface area (Å²) in [5.74, 6) is 0. The molecule has 0 unspecified atom stereocenters. The summed E-state index contributed by atoms with van der Waals surface area (Å²) in [6.07, 6.45) is 6.36. The van der Waals surface area contributed by atoms with Crippen molar-refractivity contribution in [2.24, 2.45) is 0 Å². The first-order valence-electron chi connectivity index (χ1n) is 7.79. The first-order valence-corrected chi connectivity index (χ1v) is 7.79. The number of ether oxygens (including phenoxy) is 1. The highest BCUT2D eigenvalue weighted by molar-refractivity contribution is 4.72. The molecule has 0 aromatic heterocycles. The van der Waals surface area contributed by atoms with Crippen LogP contribution in [-0.4, -0.2) is 49.8 Å². The normalized spacial score (nSPS) is 17.8. The minimum absolute atomic E-state index is 0.665. The van der Waals surface area contributed by atoms with Gasteiger partial charge in [0, 0.05) is 38.4 Å². The molecule has 0 bridgehead atoms. The molecule has 1 aliphatic heterocycles. The van der Waals surface area contributed by atoms with Gasteiger partial charge in [-0.15, -0.1) is 0 Å². The van der Waals surface area contributed by atoms with Gasteiger partial charge in [0.2, 0.25) is 0 Å². The highest BCUT2D eigenvalue weighted by Gasteiger charge is 2.14. The van der Waals surface area contributed by atoms with Gasteiger partial charge in [0.15, 0.2) is 0 Å². The average Bonchev–Trinajstić information content (AvgIpc) is 2.38. The van der Waals surface area contributed by atoms with Gasteiger partial charge in [0.1, 0.15) is 0 Å². The number of hydrogen-bond donors (Lipinski definition) is 1. The summed E-state index contributed by atoms with van der Waals surface area (Å²) >= 11 is 0. The monoisotopic (exact) mass is 256 g/mol. The standard InChI is InChI=1S/C15H32N2O/c1-4-5-6-10-17(14(2)3)11-9-16-15-7-12-18-13-8-15/h14-16H,4-13H2,1-3H3. The van der Waals surface area contributed by atoms with Crippen LogP contribution in [0, 0.1) is 0 Å². The highest BCUT2D eigenvalue weighted by Crippen LogP contribution is 2.06. The van der Waals surface area contributed by atoms with Crippen molar-refractivity contribution in [2.75, 3.05) is 32.8 Å². The molecule has 1 N–H and O–H groups in total. The number of nitrogens with one attached hydrogen (secondary N) is 1. The first-order chi connectivity index (χ1) is 8.74. The Morgan fingerprint density at radius 2 is 1.89 bits per heavy atom. The Balaban J connectivity index is 2.11. The fourth-order valence-electron chi connectivity index (χ4n) is 2.51. The zero-order chi connectivity index (χ0) is 13.2. The Labute approximate surface area is 113 Å². The van der Waals surface area contributed by atoms with Crippen LogP contribution in [0.15, 0.2) is 0 Å². The largest absolute Gasteiger partial charge is 0.381 e. The molecule has 1 fully saturated rings. The molecule has 18 heavy (non-hydrogen) atoms. The zero-order valence-corrected chi connectivity index (χ0v) is 12.6.